The highest BCUT2D eigenvalue weighted by molar-refractivity contribution is 7.99. The fourth-order valence-corrected chi connectivity index (χ4v) is 3.41. The van der Waals surface area contributed by atoms with Crippen LogP contribution in [0.2, 0.25) is 0 Å². The third-order valence-corrected chi connectivity index (χ3v) is 4.86. The molecule has 0 amide bonds. The van der Waals surface area contributed by atoms with Crippen molar-refractivity contribution in [1.29, 1.82) is 0 Å². The average molecular weight is 384 g/mol. The lowest BCUT2D eigenvalue weighted by Crippen LogP contribution is -2.25. The van der Waals surface area contributed by atoms with Gasteiger partial charge in [0.05, 0.1) is 31.0 Å². The van der Waals surface area contributed by atoms with Crippen LogP contribution < -0.4 is 10.3 Å². The van der Waals surface area contributed by atoms with Gasteiger partial charge in [0.25, 0.3) is 5.56 Å². The first kappa shape index (κ1) is 19.0. The van der Waals surface area contributed by atoms with E-state index < -0.39 is 0 Å². The Bertz CT molecular complexity index is 973. The minimum atomic E-state index is -0.363. The number of nitrogens with zero attached hydrogens (tertiary/aromatic N) is 2. The molecule has 0 aliphatic carbocycles. The van der Waals surface area contributed by atoms with Gasteiger partial charge in [-0.25, -0.2) is 4.98 Å². The number of carbonyl (C=O) groups excluding carboxylic acids is 1. The summed E-state index contributed by atoms with van der Waals surface area (Å²) in [6.07, 6.45) is 0.116. The smallest absolute Gasteiger partial charge is 0.307 e. The quantitative estimate of drug-likeness (QED) is 0.257. The van der Waals surface area contributed by atoms with Gasteiger partial charge in [0.2, 0.25) is 0 Å². The monoisotopic (exact) mass is 384 g/mol. The van der Waals surface area contributed by atoms with E-state index in [1.165, 1.54) is 23.4 Å². The number of ether oxygens (including phenoxy) is 2. The van der Waals surface area contributed by atoms with Crippen molar-refractivity contribution in [3.8, 4) is 5.75 Å². The van der Waals surface area contributed by atoms with Gasteiger partial charge in [0, 0.05) is 12.3 Å². The molecule has 2 aromatic carbocycles. The molecule has 0 fully saturated rings. The minimum absolute atomic E-state index is 0.116. The van der Waals surface area contributed by atoms with E-state index in [4.69, 9.17) is 4.74 Å². The number of carbonyl (C=O) groups is 1. The summed E-state index contributed by atoms with van der Waals surface area (Å²) < 4.78 is 11.9. The van der Waals surface area contributed by atoms with Crippen LogP contribution in [0.25, 0.3) is 10.9 Å². The number of hydrogen-bond donors (Lipinski definition) is 0. The number of para-hydroxylation sites is 2. The second-order valence-corrected chi connectivity index (χ2v) is 6.77. The zero-order valence-electron chi connectivity index (χ0n) is 15.0. The molecule has 0 saturated heterocycles. The summed E-state index contributed by atoms with van der Waals surface area (Å²) in [6.45, 7) is 0.708. The molecule has 0 saturated carbocycles. The molecule has 0 unspecified atom stereocenters. The van der Waals surface area contributed by atoms with Crippen molar-refractivity contribution < 1.29 is 14.3 Å². The maximum absolute atomic E-state index is 12.8. The summed E-state index contributed by atoms with van der Waals surface area (Å²) in [4.78, 5) is 28.9. The first-order valence-electron chi connectivity index (χ1n) is 8.56. The van der Waals surface area contributed by atoms with Crippen molar-refractivity contribution in [2.75, 3.05) is 19.5 Å². The molecule has 0 aliphatic rings. The Hall–Kier alpha value is -2.80. The van der Waals surface area contributed by atoms with E-state index in [9.17, 15) is 9.59 Å². The minimum Gasteiger partial charge on any atom is -0.493 e. The molecule has 3 aromatic rings. The molecule has 3 rings (SSSR count). The Morgan fingerprint density at radius 3 is 2.63 bits per heavy atom. The molecule has 0 aliphatic heterocycles. The maximum Gasteiger partial charge on any atom is 0.307 e. The van der Waals surface area contributed by atoms with Gasteiger partial charge in [0.15, 0.2) is 5.16 Å². The van der Waals surface area contributed by atoms with Crippen LogP contribution in [0.5, 0.6) is 5.75 Å². The predicted molar refractivity (Wildman–Crippen MR) is 105 cm³/mol. The molecule has 1 aromatic heterocycles. The van der Waals surface area contributed by atoms with Gasteiger partial charge in [0.1, 0.15) is 5.75 Å². The van der Waals surface area contributed by atoms with Gasteiger partial charge in [-0.05, 0) is 24.3 Å². The van der Waals surface area contributed by atoms with E-state index in [0.29, 0.717) is 28.4 Å². The zero-order chi connectivity index (χ0) is 19.1. The van der Waals surface area contributed by atoms with Gasteiger partial charge < -0.3 is 9.47 Å². The van der Waals surface area contributed by atoms with Crippen molar-refractivity contribution in [3.63, 3.8) is 0 Å². The Morgan fingerprint density at radius 1 is 1.11 bits per heavy atom. The van der Waals surface area contributed by atoms with Crippen molar-refractivity contribution >= 4 is 28.6 Å². The largest absolute Gasteiger partial charge is 0.493 e. The average Bonchev–Trinajstić information content (AvgIpc) is 2.71. The molecule has 0 N–H and O–H groups in total. The topological polar surface area (TPSA) is 70.4 Å². The molecule has 0 radical (unpaired) electrons. The van der Waals surface area contributed by atoms with Crippen molar-refractivity contribution in [3.05, 3.63) is 65.0 Å². The van der Waals surface area contributed by atoms with Gasteiger partial charge in [-0.3, -0.25) is 14.2 Å². The van der Waals surface area contributed by atoms with E-state index in [0.717, 1.165) is 5.75 Å². The number of esters is 1. The molecule has 0 bridgehead atoms. The van der Waals surface area contributed by atoms with Crippen LogP contribution >= 0.6 is 11.8 Å². The van der Waals surface area contributed by atoms with Gasteiger partial charge in [-0.2, -0.15) is 0 Å². The Labute approximate surface area is 161 Å². The highest BCUT2D eigenvalue weighted by Gasteiger charge is 2.13. The van der Waals surface area contributed by atoms with Gasteiger partial charge in [-0.1, -0.05) is 42.1 Å². The first-order valence-corrected chi connectivity index (χ1v) is 9.54. The van der Waals surface area contributed by atoms with Crippen LogP contribution in [0.3, 0.4) is 0 Å². The van der Waals surface area contributed by atoms with Crippen molar-refractivity contribution in [1.82, 2.24) is 9.55 Å². The molecule has 0 atom stereocenters. The van der Waals surface area contributed by atoms with Gasteiger partial charge >= 0.3 is 5.97 Å². The van der Waals surface area contributed by atoms with Crippen LogP contribution in [0.1, 0.15) is 6.42 Å². The predicted octanol–water partition coefficient (Wildman–Crippen LogP) is 3.13. The van der Waals surface area contributed by atoms with E-state index in [-0.39, 0.29) is 24.5 Å². The second kappa shape index (κ2) is 9.23. The SMILES string of the molecule is COC(=O)CCn1c(SCCOc2ccccc2)nc2ccccc2c1=O. The van der Waals surface area contributed by atoms with E-state index in [1.807, 2.05) is 42.5 Å². The second-order valence-electron chi connectivity index (χ2n) is 5.70. The summed E-state index contributed by atoms with van der Waals surface area (Å²) in [5.74, 6) is 1.06. The number of hydrogen-bond acceptors (Lipinski definition) is 6. The molecule has 1 heterocycles. The molecule has 6 nitrogen and oxygen atoms in total. The fourth-order valence-electron chi connectivity index (χ4n) is 2.57. The van der Waals surface area contributed by atoms with Crippen LogP contribution in [-0.4, -0.2) is 35.0 Å². The van der Waals surface area contributed by atoms with Crippen molar-refractivity contribution in [2.45, 2.75) is 18.1 Å². The van der Waals surface area contributed by atoms with E-state index in [2.05, 4.69) is 9.72 Å². The lowest BCUT2D eigenvalue weighted by atomic mass is 10.2. The summed E-state index contributed by atoms with van der Waals surface area (Å²) in [5, 5.41) is 1.10. The molecular weight excluding hydrogens is 364 g/mol. The summed E-state index contributed by atoms with van der Waals surface area (Å²) >= 11 is 1.43. The molecule has 140 valence electrons. The van der Waals surface area contributed by atoms with Crippen LogP contribution in [0.4, 0.5) is 0 Å². The summed E-state index contributed by atoms with van der Waals surface area (Å²) in [6, 6.07) is 16.8. The standard InChI is InChI=1S/C20H20N2O4S/c1-25-18(23)11-12-22-19(24)16-9-5-6-10-17(16)21-20(22)27-14-13-26-15-7-3-2-4-8-15/h2-10H,11-14H2,1H3. The number of methoxy groups -OCH3 is 1. The maximum atomic E-state index is 12.8. The number of aromatic nitrogens is 2. The fraction of sp³-hybridized carbons (Fsp3) is 0.250. The zero-order valence-corrected chi connectivity index (χ0v) is 15.8. The third-order valence-electron chi connectivity index (χ3n) is 3.92. The molecule has 7 heteroatoms. The van der Waals surface area contributed by atoms with Crippen molar-refractivity contribution in [2.24, 2.45) is 0 Å². The number of thioether (sulfide) groups is 1. The Morgan fingerprint density at radius 2 is 1.85 bits per heavy atom. The van der Waals surface area contributed by atoms with E-state index in [1.54, 1.807) is 12.1 Å². The highest BCUT2D eigenvalue weighted by atomic mass is 32.2. The number of benzene rings is 2. The third kappa shape index (κ3) is 4.89. The first-order chi connectivity index (χ1) is 13.2. The Balaban J connectivity index is 1.77. The lowest BCUT2D eigenvalue weighted by molar-refractivity contribution is -0.140. The lowest BCUT2D eigenvalue weighted by Gasteiger charge is -2.13. The van der Waals surface area contributed by atoms with Crippen LogP contribution in [0.15, 0.2) is 64.5 Å². The highest BCUT2D eigenvalue weighted by Crippen LogP contribution is 2.19. The number of fused-ring (bicyclic) bond motifs is 1. The summed E-state index contributed by atoms with van der Waals surface area (Å²) in [7, 11) is 1.33. The summed E-state index contributed by atoms with van der Waals surface area (Å²) in [5.41, 5.74) is 0.485. The normalized spacial score (nSPS) is 10.7. The van der Waals surface area contributed by atoms with E-state index >= 15 is 0 Å². The van der Waals surface area contributed by atoms with Crippen LogP contribution in [0, 0.1) is 0 Å². The van der Waals surface area contributed by atoms with Gasteiger partial charge in [-0.15, -0.1) is 0 Å². The number of rotatable bonds is 8. The Kier molecular flexibility index (Phi) is 6.49. The molecular formula is C20H20N2O4S. The molecule has 0 spiro atoms. The van der Waals surface area contributed by atoms with Crippen LogP contribution in [-0.2, 0) is 16.1 Å². The molecule has 27 heavy (non-hydrogen) atoms.